The van der Waals surface area contributed by atoms with Gasteiger partial charge in [0.25, 0.3) is 0 Å². The molecule has 2 rings (SSSR count). The SMILES string of the molecule is Cn1c(CBr)c(CBr)c2ccc(Br)cc21. The highest BCUT2D eigenvalue weighted by Crippen LogP contribution is 2.30. The predicted octanol–water partition coefficient (Wildman–Crippen LogP) is 4.73. The molecular formula is C11H10Br3N. The minimum absolute atomic E-state index is 0.886. The Hall–Kier alpha value is 0.200. The number of benzene rings is 1. The van der Waals surface area contributed by atoms with E-state index >= 15 is 0 Å². The molecule has 2 aromatic rings. The molecule has 0 aliphatic heterocycles. The molecule has 0 unspecified atom stereocenters. The largest absolute Gasteiger partial charge is 0.346 e. The minimum Gasteiger partial charge on any atom is -0.346 e. The Morgan fingerprint density at radius 1 is 1.20 bits per heavy atom. The smallest absolute Gasteiger partial charge is 0.0494 e. The van der Waals surface area contributed by atoms with Crippen LogP contribution in [0.25, 0.3) is 10.9 Å². The number of rotatable bonds is 2. The number of aromatic nitrogens is 1. The van der Waals surface area contributed by atoms with Crippen LogP contribution >= 0.6 is 47.8 Å². The summed E-state index contributed by atoms with van der Waals surface area (Å²) in [6.07, 6.45) is 0. The molecule has 1 nitrogen and oxygen atoms in total. The topological polar surface area (TPSA) is 4.93 Å². The summed E-state index contributed by atoms with van der Waals surface area (Å²) in [4.78, 5) is 0. The Kier molecular flexibility index (Phi) is 3.58. The lowest BCUT2D eigenvalue weighted by Gasteiger charge is -2.01. The Bertz CT molecular complexity index is 502. The van der Waals surface area contributed by atoms with Gasteiger partial charge in [0.2, 0.25) is 0 Å². The lowest BCUT2D eigenvalue weighted by atomic mass is 10.2. The van der Waals surface area contributed by atoms with Gasteiger partial charge in [0.1, 0.15) is 0 Å². The third-order valence-electron chi connectivity index (χ3n) is 2.66. The van der Waals surface area contributed by atoms with E-state index in [9.17, 15) is 0 Å². The van der Waals surface area contributed by atoms with Gasteiger partial charge in [-0.05, 0) is 17.7 Å². The van der Waals surface area contributed by atoms with Crippen molar-refractivity contribution in [3.8, 4) is 0 Å². The molecule has 0 aliphatic rings. The van der Waals surface area contributed by atoms with Crippen LogP contribution in [-0.2, 0) is 17.7 Å². The van der Waals surface area contributed by atoms with Crippen LogP contribution in [0.5, 0.6) is 0 Å². The molecule has 80 valence electrons. The van der Waals surface area contributed by atoms with Crippen LogP contribution in [-0.4, -0.2) is 4.57 Å². The standard InChI is InChI=1S/C11H10Br3N/c1-15-10-4-7(14)2-3-8(10)9(5-12)11(15)6-13/h2-4H,5-6H2,1H3. The fraction of sp³-hybridized carbons (Fsp3) is 0.273. The fourth-order valence-corrected chi connectivity index (χ4v) is 3.55. The highest BCUT2D eigenvalue weighted by Gasteiger charge is 2.12. The second kappa shape index (κ2) is 4.60. The number of halogens is 3. The van der Waals surface area contributed by atoms with Gasteiger partial charge >= 0.3 is 0 Å². The first kappa shape index (κ1) is 11.7. The second-order valence-electron chi connectivity index (χ2n) is 3.41. The summed E-state index contributed by atoms with van der Waals surface area (Å²) in [7, 11) is 2.11. The van der Waals surface area contributed by atoms with Crippen molar-refractivity contribution in [2.24, 2.45) is 7.05 Å². The summed E-state index contributed by atoms with van der Waals surface area (Å²) in [6, 6.07) is 6.42. The monoisotopic (exact) mass is 393 g/mol. The number of fused-ring (bicyclic) bond motifs is 1. The molecule has 4 heteroatoms. The third-order valence-corrected chi connectivity index (χ3v) is 4.24. The molecule has 0 atom stereocenters. The van der Waals surface area contributed by atoms with E-state index in [-0.39, 0.29) is 0 Å². The van der Waals surface area contributed by atoms with E-state index in [2.05, 4.69) is 77.6 Å². The number of aryl methyl sites for hydroxylation is 1. The van der Waals surface area contributed by atoms with Gasteiger partial charge in [-0.2, -0.15) is 0 Å². The zero-order valence-electron chi connectivity index (χ0n) is 8.23. The van der Waals surface area contributed by atoms with Crippen LogP contribution in [0.3, 0.4) is 0 Å². The van der Waals surface area contributed by atoms with Crippen molar-refractivity contribution in [2.75, 3.05) is 0 Å². The number of nitrogens with zero attached hydrogens (tertiary/aromatic N) is 1. The van der Waals surface area contributed by atoms with Gasteiger partial charge in [0.05, 0.1) is 0 Å². The summed E-state index contributed by atoms with van der Waals surface area (Å²) in [5, 5.41) is 3.11. The van der Waals surface area contributed by atoms with Gasteiger partial charge in [-0.25, -0.2) is 0 Å². The molecule has 0 bridgehead atoms. The normalized spacial score (nSPS) is 11.2. The van der Waals surface area contributed by atoms with Crippen LogP contribution in [0.4, 0.5) is 0 Å². The number of hydrogen-bond acceptors (Lipinski definition) is 0. The van der Waals surface area contributed by atoms with E-state index in [4.69, 9.17) is 0 Å². The van der Waals surface area contributed by atoms with Crippen molar-refractivity contribution >= 4 is 58.7 Å². The van der Waals surface area contributed by atoms with Gasteiger partial charge in [0.15, 0.2) is 0 Å². The molecule has 15 heavy (non-hydrogen) atoms. The average molecular weight is 396 g/mol. The lowest BCUT2D eigenvalue weighted by Crippen LogP contribution is -1.94. The van der Waals surface area contributed by atoms with Crippen LogP contribution in [0.15, 0.2) is 22.7 Å². The molecule has 0 spiro atoms. The van der Waals surface area contributed by atoms with Crippen LogP contribution < -0.4 is 0 Å². The molecule has 0 radical (unpaired) electrons. The molecule has 1 heterocycles. The van der Waals surface area contributed by atoms with Crippen molar-refractivity contribution in [2.45, 2.75) is 10.7 Å². The van der Waals surface area contributed by atoms with Crippen LogP contribution in [0, 0.1) is 0 Å². The summed E-state index contributed by atoms with van der Waals surface area (Å²) in [6.45, 7) is 0. The Labute approximate surface area is 114 Å². The molecule has 0 fully saturated rings. The zero-order chi connectivity index (χ0) is 11.0. The summed E-state index contributed by atoms with van der Waals surface area (Å²) >= 11 is 10.6. The molecule has 1 aromatic heterocycles. The van der Waals surface area contributed by atoms with Gasteiger partial charge in [-0.15, -0.1) is 0 Å². The van der Waals surface area contributed by atoms with Crippen molar-refractivity contribution < 1.29 is 0 Å². The van der Waals surface area contributed by atoms with Gasteiger partial charge in [-0.3, -0.25) is 0 Å². The lowest BCUT2D eigenvalue weighted by molar-refractivity contribution is 0.903. The van der Waals surface area contributed by atoms with Crippen molar-refractivity contribution in [1.82, 2.24) is 4.57 Å². The molecule has 0 amide bonds. The highest BCUT2D eigenvalue weighted by atomic mass is 79.9. The maximum Gasteiger partial charge on any atom is 0.0494 e. The molecular weight excluding hydrogens is 386 g/mol. The van der Waals surface area contributed by atoms with Crippen molar-refractivity contribution in [3.63, 3.8) is 0 Å². The summed E-state index contributed by atoms with van der Waals surface area (Å²) < 4.78 is 3.36. The number of alkyl halides is 2. The first-order valence-corrected chi connectivity index (χ1v) is 7.60. The van der Waals surface area contributed by atoms with Crippen molar-refractivity contribution in [1.29, 1.82) is 0 Å². The first-order valence-electron chi connectivity index (χ1n) is 4.56. The van der Waals surface area contributed by atoms with Crippen molar-refractivity contribution in [3.05, 3.63) is 33.9 Å². The number of hydrogen-bond donors (Lipinski definition) is 0. The summed E-state index contributed by atoms with van der Waals surface area (Å²) in [5.41, 5.74) is 3.98. The van der Waals surface area contributed by atoms with Gasteiger partial charge in [0, 0.05) is 38.8 Å². The van der Waals surface area contributed by atoms with E-state index in [0.717, 1.165) is 15.1 Å². The predicted molar refractivity (Wildman–Crippen MR) is 75.9 cm³/mol. The Balaban J connectivity index is 2.84. The minimum atomic E-state index is 0.886. The quantitative estimate of drug-likeness (QED) is 0.648. The van der Waals surface area contributed by atoms with Gasteiger partial charge in [-0.1, -0.05) is 53.9 Å². The van der Waals surface area contributed by atoms with E-state index < -0.39 is 0 Å². The molecule has 0 saturated heterocycles. The molecule has 0 aliphatic carbocycles. The van der Waals surface area contributed by atoms with E-state index in [0.29, 0.717) is 0 Å². The average Bonchev–Trinajstić information content (AvgIpc) is 2.51. The zero-order valence-corrected chi connectivity index (χ0v) is 13.0. The van der Waals surface area contributed by atoms with E-state index in [1.165, 1.54) is 22.2 Å². The molecule has 1 aromatic carbocycles. The maximum absolute atomic E-state index is 3.56. The van der Waals surface area contributed by atoms with Crippen LogP contribution in [0.2, 0.25) is 0 Å². The van der Waals surface area contributed by atoms with E-state index in [1.807, 2.05) is 0 Å². The Morgan fingerprint density at radius 3 is 2.53 bits per heavy atom. The molecule has 0 N–H and O–H groups in total. The molecule has 0 saturated carbocycles. The van der Waals surface area contributed by atoms with Gasteiger partial charge < -0.3 is 4.57 Å². The third kappa shape index (κ3) is 1.92. The van der Waals surface area contributed by atoms with E-state index in [1.54, 1.807) is 0 Å². The second-order valence-corrected chi connectivity index (χ2v) is 5.45. The summed E-state index contributed by atoms with van der Waals surface area (Å²) in [5.74, 6) is 0. The fourth-order valence-electron chi connectivity index (χ4n) is 1.86. The maximum atomic E-state index is 3.56. The van der Waals surface area contributed by atoms with Crippen LogP contribution in [0.1, 0.15) is 11.3 Å². The first-order chi connectivity index (χ1) is 7.19. The Morgan fingerprint density at radius 2 is 1.93 bits per heavy atom. The highest BCUT2D eigenvalue weighted by molar-refractivity contribution is 9.10.